The number of hydrogen-bond donors (Lipinski definition) is 1. The van der Waals surface area contributed by atoms with E-state index in [-0.39, 0.29) is 19.2 Å². The Kier molecular flexibility index (Phi) is 4.58. The van der Waals surface area contributed by atoms with Crippen LogP contribution in [0.1, 0.15) is 44.9 Å². The maximum atomic E-state index is 11.7. The highest BCUT2D eigenvalue weighted by atomic mass is 16.6. The van der Waals surface area contributed by atoms with Crippen LogP contribution in [0.15, 0.2) is 11.6 Å². The number of allylic oxidation sites excluding steroid dienone is 1. The summed E-state index contributed by atoms with van der Waals surface area (Å²) in [5.74, 6) is -0.692. The van der Waals surface area contributed by atoms with Gasteiger partial charge in [-0.05, 0) is 19.3 Å². The van der Waals surface area contributed by atoms with E-state index in [1.54, 1.807) is 0 Å². The van der Waals surface area contributed by atoms with Crippen LogP contribution in [0, 0.1) is 0 Å². The molecular weight excluding hydrogens is 248 g/mol. The summed E-state index contributed by atoms with van der Waals surface area (Å²) in [7, 11) is 0. The fourth-order valence-electron chi connectivity index (χ4n) is 2.42. The first-order valence-electron chi connectivity index (χ1n) is 6.84. The van der Waals surface area contributed by atoms with Gasteiger partial charge in [0.05, 0.1) is 6.61 Å². The van der Waals surface area contributed by atoms with Crippen molar-refractivity contribution in [2.45, 2.75) is 50.5 Å². The molecule has 2 heterocycles. The third-order valence-corrected chi connectivity index (χ3v) is 3.59. The molecule has 0 aromatic rings. The van der Waals surface area contributed by atoms with Gasteiger partial charge in [0.15, 0.2) is 5.60 Å². The van der Waals surface area contributed by atoms with E-state index in [1.165, 1.54) is 0 Å². The molecule has 0 aliphatic carbocycles. The van der Waals surface area contributed by atoms with E-state index in [0.29, 0.717) is 18.4 Å². The number of esters is 2. The molecule has 0 amide bonds. The maximum Gasteiger partial charge on any atom is 0.334 e. The van der Waals surface area contributed by atoms with E-state index in [4.69, 9.17) is 9.47 Å². The van der Waals surface area contributed by atoms with Crippen molar-refractivity contribution in [2.75, 3.05) is 13.2 Å². The molecule has 0 spiro atoms. The Labute approximate surface area is 112 Å². The summed E-state index contributed by atoms with van der Waals surface area (Å²) in [5.41, 5.74) is -0.489. The number of ether oxygens (including phenoxy) is 2. The van der Waals surface area contributed by atoms with Gasteiger partial charge < -0.3 is 14.6 Å². The van der Waals surface area contributed by atoms with Crippen molar-refractivity contribution >= 4 is 11.9 Å². The van der Waals surface area contributed by atoms with Crippen molar-refractivity contribution in [2.24, 2.45) is 0 Å². The van der Waals surface area contributed by atoms with Crippen LogP contribution in [0.4, 0.5) is 0 Å². The Morgan fingerprint density at radius 2 is 2.00 bits per heavy atom. The second-order valence-electron chi connectivity index (χ2n) is 5.25. The van der Waals surface area contributed by atoms with Gasteiger partial charge in [0.2, 0.25) is 0 Å². The van der Waals surface area contributed by atoms with Crippen LogP contribution in [-0.2, 0) is 19.1 Å². The standard InChI is InChI=1S/C14H20O5/c15-9-14-8-11(13(17)19-14)6-4-2-1-3-5-7-12(16)18-10-14/h6,15H,1-5,7-10H2/b11-6+/t14-/m1/s1. The predicted octanol–water partition coefficient (Wildman–Crippen LogP) is 1.49. The Morgan fingerprint density at radius 1 is 1.21 bits per heavy atom. The summed E-state index contributed by atoms with van der Waals surface area (Å²) in [6.45, 7) is -0.394. The maximum absolute atomic E-state index is 11.7. The topological polar surface area (TPSA) is 72.8 Å². The van der Waals surface area contributed by atoms with Gasteiger partial charge in [0, 0.05) is 18.4 Å². The quantitative estimate of drug-likeness (QED) is 0.729. The fraction of sp³-hybridized carbons (Fsp3) is 0.714. The summed E-state index contributed by atoms with van der Waals surface area (Å²) < 4.78 is 10.3. The highest BCUT2D eigenvalue weighted by molar-refractivity contribution is 5.91. The van der Waals surface area contributed by atoms with E-state index >= 15 is 0 Å². The van der Waals surface area contributed by atoms with Crippen molar-refractivity contribution < 1.29 is 24.2 Å². The van der Waals surface area contributed by atoms with Crippen molar-refractivity contribution in [3.05, 3.63) is 11.6 Å². The van der Waals surface area contributed by atoms with Crippen molar-refractivity contribution in [1.29, 1.82) is 0 Å². The van der Waals surface area contributed by atoms with Crippen molar-refractivity contribution in [1.82, 2.24) is 0 Å². The molecule has 106 valence electrons. The SMILES string of the molecule is O=C1CCCCCC/C=C2\C[C@@](CO)(CO1)OC2=O. The van der Waals surface area contributed by atoms with Gasteiger partial charge in [-0.3, -0.25) is 4.79 Å². The van der Waals surface area contributed by atoms with E-state index in [2.05, 4.69) is 0 Å². The second-order valence-corrected chi connectivity index (χ2v) is 5.25. The molecule has 0 unspecified atom stereocenters. The van der Waals surface area contributed by atoms with Crippen LogP contribution in [-0.4, -0.2) is 35.9 Å². The van der Waals surface area contributed by atoms with Gasteiger partial charge in [0.1, 0.15) is 6.61 Å². The Morgan fingerprint density at radius 3 is 2.79 bits per heavy atom. The van der Waals surface area contributed by atoms with E-state index in [9.17, 15) is 14.7 Å². The summed E-state index contributed by atoms with van der Waals surface area (Å²) in [6, 6.07) is 0. The number of aliphatic hydroxyl groups is 1. The number of rotatable bonds is 1. The molecular formula is C14H20O5. The molecule has 2 rings (SSSR count). The fourth-order valence-corrected chi connectivity index (χ4v) is 2.42. The van der Waals surface area contributed by atoms with Crippen molar-refractivity contribution in [3.63, 3.8) is 0 Å². The van der Waals surface area contributed by atoms with Crippen LogP contribution in [0.5, 0.6) is 0 Å². The third kappa shape index (κ3) is 3.56. The lowest BCUT2D eigenvalue weighted by Crippen LogP contribution is -2.39. The predicted molar refractivity (Wildman–Crippen MR) is 67.3 cm³/mol. The molecule has 1 atom stereocenters. The third-order valence-electron chi connectivity index (χ3n) is 3.59. The van der Waals surface area contributed by atoms with Crippen molar-refractivity contribution in [3.8, 4) is 0 Å². The number of carbonyl (C=O) groups excluding carboxylic acids is 2. The highest BCUT2D eigenvalue weighted by Crippen LogP contribution is 2.31. The first kappa shape index (κ1) is 14.1. The first-order chi connectivity index (χ1) is 9.15. The molecule has 0 saturated carbocycles. The minimum Gasteiger partial charge on any atom is -0.461 e. The molecule has 1 saturated heterocycles. The minimum atomic E-state index is -1.08. The molecule has 5 heteroatoms. The molecule has 2 bridgehead atoms. The molecule has 19 heavy (non-hydrogen) atoms. The number of cyclic esters (lactones) is 1. The van der Waals surface area contributed by atoms with Gasteiger partial charge in [-0.25, -0.2) is 4.79 Å². The lowest BCUT2D eigenvalue weighted by molar-refractivity contribution is -0.166. The molecule has 0 aromatic carbocycles. The largest absolute Gasteiger partial charge is 0.461 e. The highest BCUT2D eigenvalue weighted by Gasteiger charge is 2.44. The van der Waals surface area contributed by atoms with E-state index in [1.807, 2.05) is 6.08 Å². The number of carbonyl (C=O) groups is 2. The number of fused-ring (bicyclic) bond motifs is 2. The number of aliphatic hydroxyl groups excluding tert-OH is 1. The van der Waals surface area contributed by atoms with Crippen LogP contribution in [0.2, 0.25) is 0 Å². The molecule has 2 aliphatic heterocycles. The Hall–Kier alpha value is -1.36. The smallest absolute Gasteiger partial charge is 0.334 e. The summed E-state index contributed by atoms with van der Waals surface area (Å²) in [4.78, 5) is 23.3. The van der Waals surface area contributed by atoms with Gasteiger partial charge >= 0.3 is 11.9 Å². The van der Waals surface area contributed by atoms with Gasteiger partial charge in [0.25, 0.3) is 0 Å². The van der Waals surface area contributed by atoms with Gasteiger partial charge in [-0.1, -0.05) is 18.9 Å². The first-order valence-corrected chi connectivity index (χ1v) is 6.84. The molecule has 5 nitrogen and oxygen atoms in total. The Bertz CT molecular complexity index is 387. The van der Waals surface area contributed by atoms with Gasteiger partial charge in [-0.15, -0.1) is 0 Å². The number of hydrogen-bond acceptors (Lipinski definition) is 5. The monoisotopic (exact) mass is 268 g/mol. The molecule has 1 fully saturated rings. The molecule has 2 aliphatic rings. The molecule has 0 aromatic heterocycles. The van der Waals surface area contributed by atoms with E-state index < -0.39 is 11.6 Å². The lowest BCUT2D eigenvalue weighted by atomic mass is 9.98. The molecule has 0 radical (unpaired) electrons. The summed E-state index contributed by atoms with van der Waals surface area (Å²) in [6.07, 6.45) is 7.27. The molecule has 1 N–H and O–H groups in total. The zero-order valence-electron chi connectivity index (χ0n) is 11.0. The summed E-state index contributed by atoms with van der Waals surface area (Å²) in [5, 5.41) is 9.44. The van der Waals surface area contributed by atoms with Crippen LogP contribution < -0.4 is 0 Å². The minimum absolute atomic E-state index is 0.0641. The van der Waals surface area contributed by atoms with Gasteiger partial charge in [-0.2, -0.15) is 0 Å². The zero-order chi connectivity index (χ0) is 13.7. The van der Waals surface area contributed by atoms with Crippen LogP contribution in [0.25, 0.3) is 0 Å². The average molecular weight is 268 g/mol. The normalized spacial score (nSPS) is 32.2. The van der Waals surface area contributed by atoms with Crippen LogP contribution in [0.3, 0.4) is 0 Å². The van der Waals surface area contributed by atoms with E-state index in [0.717, 1.165) is 32.1 Å². The van der Waals surface area contributed by atoms with Crippen LogP contribution >= 0.6 is 0 Å². The average Bonchev–Trinajstić information content (AvgIpc) is 2.73. The summed E-state index contributed by atoms with van der Waals surface area (Å²) >= 11 is 0. The second kappa shape index (κ2) is 6.19. The zero-order valence-corrected chi connectivity index (χ0v) is 11.0. The Balaban J connectivity index is 2.11. The lowest BCUT2D eigenvalue weighted by Gasteiger charge is -2.24.